The lowest BCUT2D eigenvalue weighted by molar-refractivity contribution is 0.967. The van der Waals surface area contributed by atoms with Gasteiger partial charge in [-0.25, -0.2) is 0 Å². The molecule has 2 N–H and O–H groups in total. The molecule has 3 heteroatoms. The van der Waals surface area contributed by atoms with Crippen LogP contribution in [0.5, 0.6) is 0 Å². The van der Waals surface area contributed by atoms with Gasteiger partial charge in [0, 0.05) is 9.92 Å². The Kier molecular flexibility index (Phi) is 3.92. The average molecular weight is 202 g/mol. The van der Waals surface area contributed by atoms with Crippen LogP contribution in [-0.4, -0.2) is 12.8 Å². The third kappa shape index (κ3) is 2.41. The summed E-state index contributed by atoms with van der Waals surface area (Å²) < 4.78 is 0. The molecule has 0 atom stereocenters. The van der Waals surface area contributed by atoms with Crippen molar-refractivity contribution >= 4 is 23.4 Å². The quantitative estimate of drug-likeness (QED) is 0.761. The highest BCUT2D eigenvalue weighted by Gasteiger charge is 1.99. The summed E-state index contributed by atoms with van der Waals surface area (Å²) >= 11 is 7.71. The Morgan fingerprint density at radius 1 is 1.50 bits per heavy atom. The molecule has 0 spiro atoms. The first kappa shape index (κ1) is 9.90. The van der Waals surface area contributed by atoms with Crippen molar-refractivity contribution in [3.8, 4) is 0 Å². The van der Waals surface area contributed by atoms with E-state index in [1.165, 1.54) is 4.90 Å². The standard InChI is InChI=1S/C9H12ClNS/c1-12-8-3-2-7(4-5-11)9(10)6-8/h2-3,6H,4-5,11H2,1H3. The van der Waals surface area contributed by atoms with Crippen molar-refractivity contribution in [2.75, 3.05) is 12.8 Å². The smallest absolute Gasteiger partial charge is 0.0449 e. The number of halogens is 1. The number of rotatable bonds is 3. The molecule has 1 rings (SSSR count). The Labute approximate surface area is 82.3 Å². The highest BCUT2D eigenvalue weighted by atomic mass is 35.5. The third-order valence-corrected chi connectivity index (χ3v) is 2.75. The van der Waals surface area contributed by atoms with Gasteiger partial charge in [0.25, 0.3) is 0 Å². The molecule has 0 bridgehead atoms. The van der Waals surface area contributed by atoms with Crippen LogP contribution in [0.4, 0.5) is 0 Å². The van der Waals surface area contributed by atoms with Gasteiger partial charge >= 0.3 is 0 Å². The van der Waals surface area contributed by atoms with E-state index in [1.807, 2.05) is 18.4 Å². The van der Waals surface area contributed by atoms with Gasteiger partial charge in [0.15, 0.2) is 0 Å². The third-order valence-electron chi connectivity index (χ3n) is 1.67. The van der Waals surface area contributed by atoms with Gasteiger partial charge in [0.1, 0.15) is 0 Å². The van der Waals surface area contributed by atoms with Crippen molar-refractivity contribution in [3.63, 3.8) is 0 Å². The van der Waals surface area contributed by atoms with Gasteiger partial charge in [0.2, 0.25) is 0 Å². The molecule has 1 nitrogen and oxygen atoms in total. The van der Waals surface area contributed by atoms with Crippen LogP contribution in [-0.2, 0) is 6.42 Å². The topological polar surface area (TPSA) is 26.0 Å². The summed E-state index contributed by atoms with van der Waals surface area (Å²) in [5, 5.41) is 0.826. The fourth-order valence-corrected chi connectivity index (χ4v) is 1.79. The molecule has 0 unspecified atom stereocenters. The number of hydrogen-bond donors (Lipinski definition) is 1. The molecule has 1 aromatic carbocycles. The van der Waals surface area contributed by atoms with E-state index in [-0.39, 0.29) is 0 Å². The fourth-order valence-electron chi connectivity index (χ4n) is 1.01. The molecule has 0 aliphatic carbocycles. The largest absolute Gasteiger partial charge is 0.330 e. The fraction of sp³-hybridized carbons (Fsp3) is 0.333. The summed E-state index contributed by atoms with van der Waals surface area (Å²) in [6.07, 6.45) is 2.89. The molecule has 0 saturated carbocycles. The number of hydrogen-bond acceptors (Lipinski definition) is 2. The van der Waals surface area contributed by atoms with Crippen molar-refractivity contribution < 1.29 is 0 Å². The maximum absolute atomic E-state index is 6.02. The maximum atomic E-state index is 6.02. The Hall–Kier alpha value is -0.180. The lowest BCUT2D eigenvalue weighted by Crippen LogP contribution is -2.02. The number of benzene rings is 1. The molecule has 0 fully saturated rings. The second-order valence-electron chi connectivity index (χ2n) is 2.50. The molecule has 0 aliphatic heterocycles. The SMILES string of the molecule is CSc1ccc(CCN)c(Cl)c1. The summed E-state index contributed by atoms with van der Waals surface area (Å²) in [6.45, 7) is 0.651. The summed E-state index contributed by atoms with van der Waals surface area (Å²) in [5.41, 5.74) is 6.57. The molecule has 12 heavy (non-hydrogen) atoms. The molecule has 0 heterocycles. The van der Waals surface area contributed by atoms with Crippen molar-refractivity contribution in [2.24, 2.45) is 5.73 Å². The van der Waals surface area contributed by atoms with Crippen molar-refractivity contribution in [3.05, 3.63) is 28.8 Å². The van der Waals surface area contributed by atoms with Gasteiger partial charge < -0.3 is 5.73 Å². The summed E-state index contributed by atoms with van der Waals surface area (Å²) in [7, 11) is 0. The zero-order chi connectivity index (χ0) is 8.97. The zero-order valence-electron chi connectivity index (χ0n) is 7.01. The van der Waals surface area contributed by atoms with Gasteiger partial charge in [-0.3, -0.25) is 0 Å². The second-order valence-corrected chi connectivity index (χ2v) is 3.78. The molecule has 0 amide bonds. The van der Waals surface area contributed by atoms with E-state index in [0.29, 0.717) is 6.54 Å². The van der Waals surface area contributed by atoms with E-state index in [4.69, 9.17) is 17.3 Å². The Morgan fingerprint density at radius 2 is 2.25 bits per heavy atom. The molecule has 1 aromatic rings. The van der Waals surface area contributed by atoms with Crippen molar-refractivity contribution in [1.29, 1.82) is 0 Å². The maximum Gasteiger partial charge on any atom is 0.0449 e. The monoisotopic (exact) mass is 201 g/mol. The lowest BCUT2D eigenvalue weighted by Gasteiger charge is -2.03. The van der Waals surface area contributed by atoms with E-state index in [1.54, 1.807) is 11.8 Å². The van der Waals surface area contributed by atoms with Crippen LogP contribution < -0.4 is 5.73 Å². The first-order valence-electron chi connectivity index (χ1n) is 3.80. The molecule has 0 aliphatic rings. The van der Waals surface area contributed by atoms with Crippen LogP contribution in [0, 0.1) is 0 Å². The molecular weight excluding hydrogens is 190 g/mol. The predicted octanol–water partition coefficient (Wildman–Crippen LogP) is 2.56. The predicted molar refractivity (Wildman–Crippen MR) is 56.0 cm³/mol. The minimum atomic E-state index is 0.651. The van der Waals surface area contributed by atoms with Gasteiger partial charge in [-0.1, -0.05) is 17.7 Å². The van der Waals surface area contributed by atoms with Crippen LogP contribution in [0.1, 0.15) is 5.56 Å². The molecule has 0 saturated heterocycles. The van der Waals surface area contributed by atoms with E-state index in [0.717, 1.165) is 17.0 Å². The minimum Gasteiger partial charge on any atom is -0.330 e. The number of nitrogens with two attached hydrogens (primary N) is 1. The Balaban J connectivity index is 2.87. The van der Waals surface area contributed by atoms with Crippen LogP contribution in [0.3, 0.4) is 0 Å². The Bertz CT molecular complexity index is 263. The Morgan fingerprint density at radius 3 is 2.75 bits per heavy atom. The zero-order valence-corrected chi connectivity index (χ0v) is 8.58. The highest BCUT2D eigenvalue weighted by molar-refractivity contribution is 7.98. The summed E-state index contributed by atoms with van der Waals surface area (Å²) in [6, 6.07) is 6.10. The minimum absolute atomic E-state index is 0.651. The van der Waals surface area contributed by atoms with E-state index >= 15 is 0 Å². The molecule has 0 aromatic heterocycles. The van der Waals surface area contributed by atoms with Crippen LogP contribution >= 0.6 is 23.4 Å². The van der Waals surface area contributed by atoms with Gasteiger partial charge in [0.05, 0.1) is 0 Å². The molecule has 66 valence electrons. The lowest BCUT2D eigenvalue weighted by atomic mass is 10.1. The molecule has 0 radical (unpaired) electrons. The highest BCUT2D eigenvalue weighted by Crippen LogP contribution is 2.23. The average Bonchev–Trinajstić information content (AvgIpc) is 2.09. The summed E-state index contributed by atoms with van der Waals surface area (Å²) in [5.74, 6) is 0. The van der Waals surface area contributed by atoms with Gasteiger partial charge in [-0.05, 0) is 36.9 Å². The first-order valence-corrected chi connectivity index (χ1v) is 5.40. The second kappa shape index (κ2) is 4.75. The van der Waals surface area contributed by atoms with Crippen LogP contribution in [0.2, 0.25) is 5.02 Å². The van der Waals surface area contributed by atoms with Crippen molar-refractivity contribution in [2.45, 2.75) is 11.3 Å². The van der Waals surface area contributed by atoms with Gasteiger partial charge in [-0.2, -0.15) is 0 Å². The van der Waals surface area contributed by atoms with Crippen LogP contribution in [0.15, 0.2) is 23.1 Å². The van der Waals surface area contributed by atoms with E-state index < -0.39 is 0 Å². The normalized spacial score (nSPS) is 10.2. The van der Waals surface area contributed by atoms with Crippen molar-refractivity contribution in [1.82, 2.24) is 0 Å². The van der Waals surface area contributed by atoms with Crippen LogP contribution in [0.25, 0.3) is 0 Å². The van der Waals surface area contributed by atoms with E-state index in [9.17, 15) is 0 Å². The van der Waals surface area contributed by atoms with E-state index in [2.05, 4.69) is 6.07 Å². The van der Waals surface area contributed by atoms with Gasteiger partial charge in [-0.15, -0.1) is 11.8 Å². The first-order chi connectivity index (χ1) is 5.77. The number of thioether (sulfide) groups is 1. The summed E-state index contributed by atoms with van der Waals surface area (Å²) in [4.78, 5) is 1.20. The molecular formula is C9H12ClNS.